The van der Waals surface area contributed by atoms with Crippen LogP contribution in [-0.2, 0) is 6.42 Å². The van der Waals surface area contributed by atoms with Crippen molar-refractivity contribution >= 4 is 11.6 Å². The van der Waals surface area contributed by atoms with E-state index in [1.165, 1.54) is 12.1 Å². The molecule has 0 aliphatic carbocycles. The summed E-state index contributed by atoms with van der Waals surface area (Å²) in [5.41, 5.74) is 2.97. The van der Waals surface area contributed by atoms with Gasteiger partial charge in [0, 0.05) is 23.4 Å². The Morgan fingerprint density at radius 2 is 1.79 bits per heavy atom. The van der Waals surface area contributed by atoms with Gasteiger partial charge in [-0.05, 0) is 55.7 Å². The molecule has 24 heavy (non-hydrogen) atoms. The number of carbonyl (C=O) groups is 1. The van der Waals surface area contributed by atoms with E-state index in [1.54, 1.807) is 37.3 Å². The van der Waals surface area contributed by atoms with Crippen molar-refractivity contribution in [1.82, 2.24) is 0 Å². The van der Waals surface area contributed by atoms with E-state index in [9.17, 15) is 9.18 Å². The van der Waals surface area contributed by atoms with Gasteiger partial charge in [-0.1, -0.05) is 0 Å². The molecule has 0 aromatic heterocycles. The second-order valence-electron chi connectivity index (χ2n) is 5.84. The number of benzene rings is 2. The number of amides is 1. The van der Waals surface area contributed by atoms with Gasteiger partial charge in [-0.2, -0.15) is 0 Å². The molecular weight excluding hydrogens is 309 g/mol. The van der Waals surface area contributed by atoms with Gasteiger partial charge in [-0.3, -0.25) is 4.79 Å². The Morgan fingerprint density at radius 1 is 1.12 bits per heavy atom. The van der Waals surface area contributed by atoms with Crippen molar-refractivity contribution < 1.29 is 18.7 Å². The van der Waals surface area contributed by atoms with Crippen LogP contribution >= 0.6 is 0 Å². The molecule has 0 spiro atoms. The number of hydrogen-bond donors (Lipinski definition) is 0. The minimum atomic E-state index is -0.276. The molecule has 0 unspecified atom stereocenters. The third-order valence-electron chi connectivity index (χ3n) is 4.40. The summed E-state index contributed by atoms with van der Waals surface area (Å²) in [5.74, 6) is 0.795. The first-order chi connectivity index (χ1) is 11.5. The fourth-order valence-electron chi connectivity index (χ4n) is 3.14. The van der Waals surface area contributed by atoms with Crippen molar-refractivity contribution in [1.29, 1.82) is 0 Å². The van der Waals surface area contributed by atoms with Gasteiger partial charge in [0.2, 0.25) is 0 Å². The maximum absolute atomic E-state index is 13.5. The number of halogens is 1. The topological polar surface area (TPSA) is 38.8 Å². The van der Waals surface area contributed by atoms with E-state index < -0.39 is 0 Å². The van der Waals surface area contributed by atoms with Crippen LogP contribution in [0.15, 0.2) is 30.3 Å². The predicted octanol–water partition coefficient (Wildman–Crippen LogP) is 3.74. The summed E-state index contributed by atoms with van der Waals surface area (Å²) in [6.45, 7) is 2.49. The molecule has 3 rings (SSSR count). The Labute approximate surface area is 140 Å². The van der Waals surface area contributed by atoms with Crippen LogP contribution in [0.1, 0.15) is 27.9 Å². The lowest BCUT2D eigenvalue weighted by atomic mass is 10.00. The first-order valence-electron chi connectivity index (χ1n) is 7.88. The quantitative estimate of drug-likeness (QED) is 0.861. The van der Waals surface area contributed by atoms with Crippen molar-refractivity contribution in [3.63, 3.8) is 0 Å². The second-order valence-corrected chi connectivity index (χ2v) is 5.84. The molecule has 0 radical (unpaired) electrons. The molecule has 0 fully saturated rings. The van der Waals surface area contributed by atoms with E-state index in [0.717, 1.165) is 29.7 Å². The summed E-state index contributed by atoms with van der Waals surface area (Å²) in [6.07, 6.45) is 1.58. The summed E-state index contributed by atoms with van der Waals surface area (Å²) in [6, 6.07) is 8.01. The first kappa shape index (κ1) is 16.3. The van der Waals surface area contributed by atoms with Crippen LogP contribution in [0.2, 0.25) is 0 Å². The van der Waals surface area contributed by atoms with E-state index in [-0.39, 0.29) is 11.7 Å². The van der Waals surface area contributed by atoms with Crippen LogP contribution in [0.25, 0.3) is 0 Å². The van der Waals surface area contributed by atoms with E-state index in [2.05, 4.69) is 0 Å². The van der Waals surface area contributed by atoms with Crippen LogP contribution in [0.5, 0.6) is 11.5 Å². The summed E-state index contributed by atoms with van der Waals surface area (Å²) in [5, 5.41) is 0. The summed E-state index contributed by atoms with van der Waals surface area (Å²) in [4.78, 5) is 14.7. The van der Waals surface area contributed by atoms with Crippen molar-refractivity contribution in [2.75, 3.05) is 25.7 Å². The Kier molecular flexibility index (Phi) is 4.42. The van der Waals surface area contributed by atoms with Crippen molar-refractivity contribution in [2.24, 2.45) is 0 Å². The lowest BCUT2D eigenvalue weighted by Crippen LogP contribution is -2.35. The highest BCUT2D eigenvalue weighted by Crippen LogP contribution is 2.33. The molecule has 1 heterocycles. The van der Waals surface area contributed by atoms with Gasteiger partial charge < -0.3 is 14.4 Å². The van der Waals surface area contributed by atoms with E-state index in [0.29, 0.717) is 23.6 Å². The third-order valence-corrected chi connectivity index (χ3v) is 4.40. The molecule has 1 aliphatic rings. The van der Waals surface area contributed by atoms with Crippen LogP contribution in [0.4, 0.5) is 10.1 Å². The number of nitrogens with zero attached hydrogens (tertiary/aromatic N) is 1. The molecule has 0 saturated heterocycles. The highest BCUT2D eigenvalue weighted by atomic mass is 19.1. The van der Waals surface area contributed by atoms with Crippen molar-refractivity contribution in [2.45, 2.75) is 19.8 Å². The molecule has 1 aliphatic heterocycles. The van der Waals surface area contributed by atoms with Crippen LogP contribution in [0, 0.1) is 12.7 Å². The van der Waals surface area contributed by atoms with Gasteiger partial charge in [0.15, 0.2) is 0 Å². The average Bonchev–Trinajstić information content (AvgIpc) is 2.60. The number of anilines is 1. The van der Waals surface area contributed by atoms with E-state index >= 15 is 0 Å². The standard InChI is InChI=1S/C19H20FNO3/c1-12-17(23-2)10-14(11-18(12)24-3)19(22)21-8-4-5-13-9-15(20)6-7-16(13)21/h6-7,9-11H,4-5,8H2,1-3H3. The maximum Gasteiger partial charge on any atom is 0.258 e. The Balaban J connectivity index is 2.02. The van der Waals surface area contributed by atoms with Gasteiger partial charge in [-0.25, -0.2) is 4.39 Å². The zero-order valence-electron chi connectivity index (χ0n) is 14.1. The molecule has 4 nitrogen and oxygen atoms in total. The van der Waals surface area contributed by atoms with Gasteiger partial charge >= 0.3 is 0 Å². The summed E-state index contributed by atoms with van der Waals surface area (Å²) < 4.78 is 24.2. The minimum Gasteiger partial charge on any atom is -0.496 e. The lowest BCUT2D eigenvalue weighted by Gasteiger charge is -2.30. The van der Waals surface area contributed by atoms with Gasteiger partial charge in [-0.15, -0.1) is 0 Å². The zero-order valence-corrected chi connectivity index (χ0v) is 14.1. The second kappa shape index (κ2) is 6.51. The van der Waals surface area contributed by atoms with E-state index in [1.807, 2.05) is 6.92 Å². The number of fused-ring (bicyclic) bond motifs is 1. The summed E-state index contributed by atoms with van der Waals surface area (Å²) in [7, 11) is 3.13. The SMILES string of the molecule is COc1cc(C(=O)N2CCCc3cc(F)ccc32)cc(OC)c1C. The number of hydrogen-bond acceptors (Lipinski definition) is 3. The number of ether oxygens (including phenoxy) is 2. The zero-order chi connectivity index (χ0) is 17.3. The van der Waals surface area contributed by atoms with Crippen LogP contribution in [-0.4, -0.2) is 26.7 Å². The average molecular weight is 329 g/mol. The number of carbonyl (C=O) groups excluding carboxylic acids is 1. The van der Waals surface area contributed by atoms with Gasteiger partial charge in [0.05, 0.1) is 14.2 Å². The number of methoxy groups -OCH3 is 2. The molecule has 2 aromatic carbocycles. The van der Waals surface area contributed by atoms with Crippen LogP contribution in [0.3, 0.4) is 0 Å². The first-order valence-corrected chi connectivity index (χ1v) is 7.88. The molecule has 0 saturated carbocycles. The summed E-state index contributed by atoms with van der Waals surface area (Å²) >= 11 is 0. The lowest BCUT2D eigenvalue weighted by molar-refractivity contribution is 0.0984. The molecule has 0 bridgehead atoms. The third kappa shape index (κ3) is 2.82. The smallest absolute Gasteiger partial charge is 0.258 e. The Hall–Kier alpha value is -2.56. The Bertz CT molecular complexity index is 763. The Morgan fingerprint density at radius 3 is 2.42 bits per heavy atom. The molecule has 0 N–H and O–H groups in total. The molecular formula is C19H20FNO3. The van der Waals surface area contributed by atoms with Crippen molar-refractivity contribution in [3.8, 4) is 11.5 Å². The molecule has 0 atom stereocenters. The van der Waals surface area contributed by atoms with Crippen molar-refractivity contribution in [3.05, 3.63) is 52.8 Å². The van der Waals surface area contributed by atoms with Gasteiger partial charge in [0.1, 0.15) is 17.3 Å². The minimum absolute atomic E-state index is 0.140. The molecule has 1 amide bonds. The van der Waals surface area contributed by atoms with Crippen LogP contribution < -0.4 is 14.4 Å². The highest BCUT2D eigenvalue weighted by molar-refractivity contribution is 6.07. The predicted molar refractivity (Wildman–Crippen MR) is 90.7 cm³/mol. The maximum atomic E-state index is 13.5. The number of rotatable bonds is 3. The molecule has 126 valence electrons. The fourth-order valence-corrected chi connectivity index (χ4v) is 3.14. The fraction of sp³-hybridized carbons (Fsp3) is 0.316. The highest BCUT2D eigenvalue weighted by Gasteiger charge is 2.25. The largest absolute Gasteiger partial charge is 0.496 e. The molecule has 2 aromatic rings. The molecule has 5 heteroatoms. The normalized spacial score (nSPS) is 13.4. The number of aryl methyl sites for hydroxylation is 1. The van der Waals surface area contributed by atoms with Gasteiger partial charge in [0.25, 0.3) is 5.91 Å². The monoisotopic (exact) mass is 329 g/mol. The van der Waals surface area contributed by atoms with E-state index in [4.69, 9.17) is 9.47 Å².